The van der Waals surface area contributed by atoms with Crippen LogP contribution in [0.25, 0.3) is 27.5 Å². The van der Waals surface area contributed by atoms with E-state index in [1.54, 1.807) is 12.1 Å². The molecular formula is C19H13F2N. The van der Waals surface area contributed by atoms with Crippen molar-refractivity contribution in [3.05, 3.63) is 77.9 Å². The molecule has 1 nitrogen and oxygen atoms in total. The van der Waals surface area contributed by atoms with Crippen molar-refractivity contribution in [3.8, 4) is 5.69 Å². The second-order valence-corrected chi connectivity index (χ2v) is 5.50. The lowest BCUT2D eigenvalue weighted by atomic mass is 10.1. The minimum absolute atomic E-state index is 0.319. The van der Waals surface area contributed by atoms with E-state index in [4.69, 9.17) is 0 Å². The van der Waals surface area contributed by atoms with Crippen LogP contribution in [0, 0.1) is 18.6 Å². The van der Waals surface area contributed by atoms with E-state index >= 15 is 0 Å². The maximum atomic E-state index is 13.6. The largest absolute Gasteiger partial charge is 0.309 e. The molecule has 0 bridgehead atoms. The van der Waals surface area contributed by atoms with Crippen molar-refractivity contribution >= 4 is 21.8 Å². The Hall–Kier alpha value is -2.68. The predicted octanol–water partition coefficient (Wildman–Crippen LogP) is 5.37. The summed E-state index contributed by atoms with van der Waals surface area (Å²) < 4.78 is 29.3. The van der Waals surface area contributed by atoms with Crippen LogP contribution in [-0.2, 0) is 0 Å². The first-order chi connectivity index (χ1) is 10.6. The van der Waals surface area contributed by atoms with Gasteiger partial charge in [-0.15, -0.1) is 0 Å². The summed E-state index contributed by atoms with van der Waals surface area (Å²) in [5.41, 5.74) is 3.86. The van der Waals surface area contributed by atoms with Gasteiger partial charge in [0.2, 0.25) is 0 Å². The van der Waals surface area contributed by atoms with Gasteiger partial charge in [-0.25, -0.2) is 8.78 Å². The fourth-order valence-electron chi connectivity index (χ4n) is 3.01. The van der Waals surface area contributed by atoms with Gasteiger partial charge < -0.3 is 4.57 Å². The van der Waals surface area contributed by atoms with Gasteiger partial charge >= 0.3 is 0 Å². The molecule has 0 fully saturated rings. The fraction of sp³-hybridized carbons (Fsp3) is 0.0526. The highest BCUT2D eigenvalue weighted by Crippen LogP contribution is 2.33. The van der Waals surface area contributed by atoms with Crippen LogP contribution in [0.15, 0.2) is 60.7 Å². The average Bonchev–Trinajstić information content (AvgIpc) is 2.80. The molecule has 108 valence electrons. The topological polar surface area (TPSA) is 4.93 Å². The molecule has 4 aromatic rings. The first kappa shape index (κ1) is 13.0. The Kier molecular flexibility index (Phi) is 2.76. The monoisotopic (exact) mass is 293 g/mol. The molecule has 4 rings (SSSR count). The van der Waals surface area contributed by atoms with Gasteiger partial charge in [0.15, 0.2) is 0 Å². The van der Waals surface area contributed by atoms with Crippen LogP contribution in [0.1, 0.15) is 5.56 Å². The lowest BCUT2D eigenvalue weighted by Gasteiger charge is -2.08. The molecule has 0 spiro atoms. The van der Waals surface area contributed by atoms with Crippen molar-refractivity contribution < 1.29 is 8.78 Å². The molecular weight excluding hydrogens is 280 g/mol. The summed E-state index contributed by atoms with van der Waals surface area (Å²) in [6.45, 7) is 2.02. The maximum Gasteiger partial charge on any atom is 0.123 e. The zero-order valence-corrected chi connectivity index (χ0v) is 12.0. The standard InChI is InChI=1S/C19H13F2N/c1-12-3-2-4-15(9-12)22-18-7-5-13(20)10-16(18)17-11-14(21)6-8-19(17)22/h2-11H,1H3. The molecule has 0 aliphatic carbocycles. The zero-order valence-electron chi connectivity index (χ0n) is 12.0. The van der Waals surface area contributed by atoms with Gasteiger partial charge in [-0.2, -0.15) is 0 Å². The summed E-state index contributed by atoms with van der Waals surface area (Å²) >= 11 is 0. The molecule has 0 saturated carbocycles. The molecule has 0 saturated heterocycles. The number of nitrogens with zero attached hydrogens (tertiary/aromatic N) is 1. The van der Waals surface area contributed by atoms with Crippen LogP contribution in [0.3, 0.4) is 0 Å². The van der Waals surface area contributed by atoms with E-state index in [1.807, 2.05) is 29.7 Å². The van der Waals surface area contributed by atoms with Gasteiger partial charge in [-0.3, -0.25) is 0 Å². The van der Waals surface area contributed by atoms with Crippen LogP contribution in [0.4, 0.5) is 8.78 Å². The Labute approximate surface area is 126 Å². The van der Waals surface area contributed by atoms with Gasteiger partial charge in [-0.05, 0) is 61.0 Å². The van der Waals surface area contributed by atoms with Crippen molar-refractivity contribution in [2.75, 3.05) is 0 Å². The number of hydrogen-bond donors (Lipinski definition) is 0. The van der Waals surface area contributed by atoms with Gasteiger partial charge in [0.05, 0.1) is 11.0 Å². The lowest BCUT2D eigenvalue weighted by molar-refractivity contribution is 0.628. The molecule has 22 heavy (non-hydrogen) atoms. The molecule has 1 aromatic heterocycles. The lowest BCUT2D eigenvalue weighted by Crippen LogP contribution is -1.94. The number of benzene rings is 3. The summed E-state index contributed by atoms with van der Waals surface area (Å²) in [4.78, 5) is 0. The molecule has 3 aromatic carbocycles. The molecule has 0 aliphatic rings. The van der Waals surface area contributed by atoms with Crippen molar-refractivity contribution in [3.63, 3.8) is 0 Å². The van der Waals surface area contributed by atoms with Crippen LogP contribution in [0.2, 0.25) is 0 Å². The Morgan fingerprint density at radius 3 is 1.86 bits per heavy atom. The highest BCUT2D eigenvalue weighted by atomic mass is 19.1. The van der Waals surface area contributed by atoms with Gasteiger partial charge in [-0.1, -0.05) is 12.1 Å². The third-order valence-electron chi connectivity index (χ3n) is 3.95. The molecule has 1 heterocycles. The molecule has 3 heteroatoms. The minimum atomic E-state index is -0.319. The predicted molar refractivity (Wildman–Crippen MR) is 85.4 cm³/mol. The van der Waals surface area contributed by atoms with E-state index in [0.717, 1.165) is 33.1 Å². The molecule has 0 amide bonds. The summed E-state index contributed by atoms with van der Waals surface area (Å²) in [5, 5.41) is 1.44. The molecule has 0 aliphatic heterocycles. The molecule has 0 N–H and O–H groups in total. The number of aryl methyl sites for hydroxylation is 1. The summed E-state index contributed by atoms with van der Waals surface area (Å²) in [6.07, 6.45) is 0. The molecule has 0 atom stereocenters. The van der Waals surface area contributed by atoms with Crippen LogP contribution in [-0.4, -0.2) is 4.57 Å². The van der Waals surface area contributed by atoms with E-state index in [0.29, 0.717) is 0 Å². The smallest absolute Gasteiger partial charge is 0.123 e. The third kappa shape index (κ3) is 1.90. The van der Waals surface area contributed by atoms with Crippen molar-refractivity contribution in [1.29, 1.82) is 0 Å². The summed E-state index contributed by atoms with van der Waals surface area (Å²) in [7, 11) is 0. The second-order valence-electron chi connectivity index (χ2n) is 5.50. The van der Waals surface area contributed by atoms with Crippen LogP contribution in [0.5, 0.6) is 0 Å². The maximum absolute atomic E-state index is 13.6. The quantitative estimate of drug-likeness (QED) is 0.444. The van der Waals surface area contributed by atoms with Gasteiger partial charge in [0, 0.05) is 16.5 Å². The number of aromatic nitrogens is 1. The SMILES string of the molecule is Cc1cccc(-n2c3ccc(F)cc3c3cc(F)ccc32)c1. The fourth-order valence-corrected chi connectivity index (χ4v) is 3.01. The molecule has 0 unspecified atom stereocenters. The van der Waals surface area contributed by atoms with E-state index < -0.39 is 0 Å². The zero-order chi connectivity index (χ0) is 15.3. The van der Waals surface area contributed by atoms with Crippen molar-refractivity contribution in [1.82, 2.24) is 4.57 Å². The Bertz CT molecular complexity index is 955. The number of hydrogen-bond acceptors (Lipinski definition) is 0. The van der Waals surface area contributed by atoms with Crippen LogP contribution >= 0.6 is 0 Å². The minimum Gasteiger partial charge on any atom is -0.309 e. The highest BCUT2D eigenvalue weighted by molar-refractivity contribution is 6.09. The normalized spacial score (nSPS) is 11.4. The Morgan fingerprint density at radius 2 is 1.32 bits per heavy atom. The van der Waals surface area contributed by atoms with E-state index in [1.165, 1.54) is 24.3 Å². The Balaban J connectivity index is 2.20. The summed E-state index contributed by atoms with van der Waals surface area (Å²) in [6, 6.07) is 17.3. The number of halogens is 2. The molecule has 0 radical (unpaired) electrons. The van der Waals surface area contributed by atoms with E-state index in [-0.39, 0.29) is 11.6 Å². The average molecular weight is 293 g/mol. The summed E-state index contributed by atoms with van der Waals surface area (Å²) in [5.74, 6) is -0.639. The van der Waals surface area contributed by atoms with Gasteiger partial charge in [0.1, 0.15) is 11.6 Å². The van der Waals surface area contributed by atoms with Crippen LogP contribution < -0.4 is 0 Å². The Morgan fingerprint density at radius 1 is 0.727 bits per heavy atom. The third-order valence-corrected chi connectivity index (χ3v) is 3.95. The number of rotatable bonds is 1. The highest BCUT2D eigenvalue weighted by Gasteiger charge is 2.13. The van der Waals surface area contributed by atoms with E-state index in [9.17, 15) is 8.78 Å². The first-order valence-electron chi connectivity index (χ1n) is 7.10. The first-order valence-corrected chi connectivity index (χ1v) is 7.10. The van der Waals surface area contributed by atoms with Crippen molar-refractivity contribution in [2.24, 2.45) is 0 Å². The number of fused-ring (bicyclic) bond motifs is 3. The van der Waals surface area contributed by atoms with Gasteiger partial charge in [0.25, 0.3) is 0 Å². The van der Waals surface area contributed by atoms with E-state index in [2.05, 4.69) is 6.07 Å². The second kappa shape index (κ2) is 4.67. The van der Waals surface area contributed by atoms with Crippen molar-refractivity contribution in [2.45, 2.75) is 6.92 Å².